The predicted molar refractivity (Wildman–Crippen MR) is 97.6 cm³/mol. The number of methoxy groups -OCH3 is 1. The van der Waals surface area contributed by atoms with Crippen molar-refractivity contribution in [2.75, 3.05) is 33.3 Å². The third-order valence-corrected chi connectivity index (χ3v) is 4.27. The van der Waals surface area contributed by atoms with Crippen LogP contribution in [0.2, 0.25) is 0 Å². The van der Waals surface area contributed by atoms with Crippen LogP contribution in [0.3, 0.4) is 0 Å². The van der Waals surface area contributed by atoms with E-state index in [9.17, 15) is 4.79 Å². The van der Waals surface area contributed by atoms with Gasteiger partial charge in [-0.15, -0.1) is 0 Å². The van der Waals surface area contributed by atoms with Gasteiger partial charge in [0.25, 0.3) is 0 Å². The van der Waals surface area contributed by atoms with Crippen molar-refractivity contribution >= 4 is 5.91 Å². The van der Waals surface area contributed by atoms with Gasteiger partial charge in [-0.2, -0.15) is 4.98 Å². The lowest BCUT2D eigenvalue weighted by molar-refractivity contribution is -0.127. The first-order valence-electron chi connectivity index (χ1n) is 8.68. The second-order valence-electron chi connectivity index (χ2n) is 6.56. The Morgan fingerprint density at radius 3 is 2.50 bits per heavy atom. The lowest BCUT2D eigenvalue weighted by Gasteiger charge is -2.33. The number of carbonyl (C=O) groups excluding carboxylic acids is 1. The molecule has 0 saturated carbocycles. The van der Waals surface area contributed by atoms with Gasteiger partial charge in [0.15, 0.2) is 0 Å². The lowest BCUT2D eigenvalue weighted by Crippen LogP contribution is -2.47. The molecule has 1 amide bonds. The van der Waals surface area contributed by atoms with Crippen LogP contribution in [0.15, 0.2) is 40.4 Å². The Labute approximate surface area is 153 Å². The van der Waals surface area contributed by atoms with E-state index in [0.717, 1.165) is 30.0 Å². The molecule has 0 bridgehead atoms. The molecule has 0 atom stereocenters. The zero-order chi connectivity index (χ0) is 18.5. The van der Waals surface area contributed by atoms with Gasteiger partial charge in [-0.05, 0) is 38.1 Å². The number of hydrogen-bond donors (Lipinski definition) is 0. The Morgan fingerprint density at radius 1 is 1.19 bits per heavy atom. The number of benzene rings is 1. The molecule has 1 aliphatic heterocycles. The number of nitrogens with zero attached hydrogens (tertiary/aromatic N) is 4. The molecule has 1 aliphatic rings. The van der Waals surface area contributed by atoms with Crippen molar-refractivity contribution in [1.29, 1.82) is 0 Å². The highest BCUT2D eigenvalue weighted by Gasteiger charge is 2.21. The third-order valence-electron chi connectivity index (χ3n) is 4.27. The van der Waals surface area contributed by atoms with Gasteiger partial charge in [-0.25, -0.2) is 0 Å². The summed E-state index contributed by atoms with van der Waals surface area (Å²) in [5, 5.41) is 4.06. The highest BCUT2D eigenvalue weighted by molar-refractivity contribution is 5.88. The molecule has 0 unspecified atom stereocenters. The van der Waals surface area contributed by atoms with Gasteiger partial charge in [0.1, 0.15) is 5.75 Å². The monoisotopic (exact) mass is 356 g/mol. The number of hydrogen-bond acceptors (Lipinski definition) is 6. The minimum Gasteiger partial charge on any atom is -0.497 e. The molecule has 1 fully saturated rings. The minimum atomic E-state index is 0.0873. The Morgan fingerprint density at radius 2 is 1.88 bits per heavy atom. The number of amides is 1. The van der Waals surface area contributed by atoms with Crippen LogP contribution in [0.25, 0.3) is 11.4 Å². The van der Waals surface area contributed by atoms with E-state index in [2.05, 4.69) is 15.0 Å². The molecule has 7 heteroatoms. The van der Waals surface area contributed by atoms with Gasteiger partial charge in [0.2, 0.25) is 17.6 Å². The first kappa shape index (κ1) is 18.1. The molecule has 0 aliphatic carbocycles. The average Bonchev–Trinajstić information content (AvgIpc) is 3.10. The first-order valence-corrected chi connectivity index (χ1v) is 8.68. The largest absolute Gasteiger partial charge is 0.497 e. The second kappa shape index (κ2) is 8.14. The molecular formula is C19H24N4O3. The standard InChI is InChI=1S/C19H24N4O3/c1-14(2)12-18(24)23-10-8-22(9-11-23)13-17-20-19(21-26-17)15-4-6-16(25-3)7-5-15/h4-7,12H,8-11,13H2,1-3H3. The zero-order valence-electron chi connectivity index (χ0n) is 15.4. The lowest BCUT2D eigenvalue weighted by atomic mass is 10.2. The SMILES string of the molecule is COc1ccc(-c2noc(CN3CCN(C(=O)C=C(C)C)CC3)n2)cc1. The van der Waals surface area contributed by atoms with E-state index in [1.165, 1.54) is 0 Å². The van der Waals surface area contributed by atoms with Gasteiger partial charge in [-0.3, -0.25) is 9.69 Å². The van der Waals surface area contributed by atoms with Crippen molar-refractivity contribution in [1.82, 2.24) is 19.9 Å². The number of aromatic nitrogens is 2. The van der Waals surface area contributed by atoms with Crippen LogP contribution in [-0.4, -0.2) is 59.1 Å². The molecular weight excluding hydrogens is 332 g/mol. The average molecular weight is 356 g/mol. The van der Waals surface area contributed by atoms with Crippen LogP contribution >= 0.6 is 0 Å². The normalized spacial score (nSPS) is 15.0. The van der Waals surface area contributed by atoms with Crippen molar-refractivity contribution in [2.24, 2.45) is 0 Å². The van der Waals surface area contributed by atoms with Crippen LogP contribution in [0, 0.1) is 0 Å². The van der Waals surface area contributed by atoms with E-state index in [4.69, 9.17) is 9.26 Å². The Hall–Kier alpha value is -2.67. The van der Waals surface area contributed by atoms with Crippen LogP contribution in [-0.2, 0) is 11.3 Å². The summed E-state index contributed by atoms with van der Waals surface area (Å²) in [4.78, 5) is 20.6. The Kier molecular flexibility index (Phi) is 5.68. The number of rotatable bonds is 5. The molecule has 7 nitrogen and oxygen atoms in total. The summed E-state index contributed by atoms with van der Waals surface area (Å²) < 4.78 is 10.5. The van der Waals surface area contributed by atoms with Crippen molar-refractivity contribution < 1.29 is 14.1 Å². The zero-order valence-corrected chi connectivity index (χ0v) is 15.4. The van der Waals surface area contributed by atoms with E-state index >= 15 is 0 Å². The molecule has 0 spiro atoms. The first-order chi connectivity index (χ1) is 12.5. The molecule has 1 aromatic carbocycles. The minimum absolute atomic E-state index is 0.0873. The van der Waals surface area contributed by atoms with E-state index in [-0.39, 0.29) is 5.91 Å². The molecule has 0 radical (unpaired) electrons. The Bertz CT molecular complexity index is 770. The van der Waals surface area contributed by atoms with Crippen LogP contribution in [0.5, 0.6) is 5.75 Å². The molecule has 1 aromatic heterocycles. The van der Waals surface area contributed by atoms with Gasteiger partial charge in [0.05, 0.1) is 13.7 Å². The summed E-state index contributed by atoms with van der Waals surface area (Å²) in [6.45, 7) is 7.47. The maximum absolute atomic E-state index is 12.1. The number of ether oxygens (including phenoxy) is 1. The van der Waals surface area contributed by atoms with E-state index in [0.29, 0.717) is 31.3 Å². The fraction of sp³-hybridized carbons (Fsp3) is 0.421. The quantitative estimate of drug-likeness (QED) is 0.766. The number of carbonyl (C=O) groups is 1. The molecule has 3 rings (SSSR count). The Balaban J connectivity index is 1.55. The maximum atomic E-state index is 12.1. The molecule has 138 valence electrons. The van der Waals surface area contributed by atoms with Crippen LogP contribution < -0.4 is 4.74 Å². The maximum Gasteiger partial charge on any atom is 0.246 e. The summed E-state index contributed by atoms with van der Waals surface area (Å²) in [6, 6.07) is 7.55. The summed E-state index contributed by atoms with van der Waals surface area (Å²) in [6.07, 6.45) is 1.69. The van der Waals surface area contributed by atoms with E-state index < -0.39 is 0 Å². The third kappa shape index (κ3) is 4.49. The molecule has 1 saturated heterocycles. The van der Waals surface area contributed by atoms with Crippen molar-refractivity contribution in [3.63, 3.8) is 0 Å². The van der Waals surface area contributed by atoms with Crippen LogP contribution in [0.4, 0.5) is 0 Å². The summed E-state index contributed by atoms with van der Waals surface area (Å²) in [5.74, 6) is 2.03. The molecule has 2 aromatic rings. The van der Waals surface area contributed by atoms with Gasteiger partial charge in [-0.1, -0.05) is 10.7 Å². The second-order valence-corrected chi connectivity index (χ2v) is 6.56. The summed E-state index contributed by atoms with van der Waals surface area (Å²) in [7, 11) is 1.63. The number of allylic oxidation sites excluding steroid dienone is 1. The highest BCUT2D eigenvalue weighted by atomic mass is 16.5. The van der Waals surface area contributed by atoms with E-state index in [1.54, 1.807) is 13.2 Å². The van der Waals surface area contributed by atoms with Gasteiger partial charge >= 0.3 is 0 Å². The fourth-order valence-electron chi connectivity index (χ4n) is 2.83. The highest BCUT2D eigenvalue weighted by Crippen LogP contribution is 2.20. The fourth-order valence-corrected chi connectivity index (χ4v) is 2.83. The van der Waals surface area contributed by atoms with E-state index in [1.807, 2.05) is 43.0 Å². The molecule has 26 heavy (non-hydrogen) atoms. The number of piperazine rings is 1. The van der Waals surface area contributed by atoms with Crippen LogP contribution in [0.1, 0.15) is 19.7 Å². The smallest absolute Gasteiger partial charge is 0.246 e. The van der Waals surface area contributed by atoms with Crippen molar-refractivity contribution in [3.05, 3.63) is 41.8 Å². The summed E-state index contributed by atoms with van der Waals surface area (Å²) >= 11 is 0. The molecule has 2 heterocycles. The molecule has 0 N–H and O–H groups in total. The van der Waals surface area contributed by atoms with Gasteiger partial charge < -0.3 is 14.2 Å². The van der Waals surface area contributed by atoms with Crippen molar-refractivity contribution in [3.8, 4) is 17.1 Å². The topological polar surface area (TPSA) is 71.7 Å². The summed E-state index contributed by atoms with van der Waals surface area (Å²) in [5.41, 5.74) is 1.91. The predicted octanol–water partition coefficient (Wildman–Crippen LogP) is 2.36. The van der Waals surface area contributed by atoms with Gasteiger partial charge in [0, 0.05) is 37.8 Å². The van der Waals surface area contributed by atoms with Crippen molar-refractivity contribution in [2.45, 2.75) is 20.4 Å².